The number of fused-ring (bicyclic) bond motifs is 3. The van der Waals surface area contributed by atoms with Gasteiger partial charge in [-0.25, -0.2) is 8.78 Å². The first-order chi connectivity index (χ1) is 17.8. The summed E-state index contributed by atoms with van der Waals surface area (Å²) < 4.78 is 35.4. The zero-order chi connectivity index (χ0) is 25.8. The lowest BCUT2D eigenvalue weighted by Gasteiger charge is -2.38. The molecule has 37 heavy (non-hydrogen) atoms. The van der Waals surface area contributed by atoms with Gasteiger partial charge in [0.25, 0.3) is 5.91 Å². The molecule has 3 atom stereocenters. The van der Waals surface area contributed by atoms with Crippen molar-refractivity contribution in [1.82, 2.24) is 10.1 Å². The lowest BCUT2D eigenvalue weighted by molar-refractivity contribution is 0.0575. The zero-order valence-corrected chi connectivity index (χ0v) is 20.2. The predicted molar refractivity (Wildman–Crippen MR) is 134 cm³/mol. The summed E-state index contributed by atoms with van der Waals surface area (Å²) in [6.45, 7) is 1.73. The van der Waals surface area contributed by atoms with Crippen molar-refractivity contribution in [2.24, 2.45) is 5.73 Å². The SMILES string of the molecule is Cc1noc2cc(-c3ccc(C(=O)N4[C@@H]5CC[C@H]4C[C@@H](N)C5)cc3-c3ccc(C#N)c(F)c3)c(F)cc12. The molecule has 1 aromatic heterocycles. The average molecular weight is 499 g/mol. The van der Waals surface area contributed by atoms with Crippen molar-refractivity contribution in [2.75, 3.05) is 0 Å². The van der Waals surface area contributed by atoms with Crippen LogP contribution in [0.15, 0.2) is 53.1 Å². The van der Waals surface area contributed by atoms with E-state index >= 15 is 4.39 Å². The van der Waals surface area contributed by atoms with E-state index in [1.165, 1.54) is 18.2 Å². The van der Waals surface area contributed by atoms with Gasteiger partial charge in [0.05, 0.1) is 11.3 Å². The Labute approximate surface area is 212 Å². The molecule has 2 fully saturated rings. The van der Waals surface area contributed by atoms with E-state index in [2.05, 4.69) is 5.16 Å². The number of halogens is 2. The number of aryl methyl sites for hydroxylation is 1. The second-order valence-corrected chi connectivity index (χ2v) is 9.99. The lowest BCUT2D eigenvalue weighted by Crippen LogP contribution is -2.50. The van der Waals surface area contributed by atoms with Gasteiger partial charge in [-0.05, 0) is 85.7 Å². The van der Waals surface area contributed by atoms with Crippen LogP contribution in [-0.4, -0.2) is 34.1 Å². The quantitative estimate of drug-likeness (QED) is 0.390. The zero-order valence-electron chi connectivity index (χ0n) is 20.2. The van der Waals surface area contributed by atoms with Crippen molar-refractivity contribution in [3.05, 3.63) is 77.0 Å². The number of carbonyl (C=O) groups excluding carboxylic acids is 1. The number of nitriles is 1. The van der Waals surface area contributed by atoms with Crippen LogP contribution in [0.3, 0.4) is 0 Å². The second kappa shape index (κ2) is 8.79. The van der Waals surface area contributed by atoms with Gasteiger partial charge in [0.2, 0.25) is 0 Å². The number of amides is 1. The third-order valence-corrected chi connectivity index (χ3v) is 7.70. The highest BCUT2D eigenvalue weighted by atomic mass is 19.1. The Balaban J connectivity index is 1.50. The molecule has 2 bridgehead atoms. The second-order valence-electron chi connectivity index (χ2n) is 9.99. The van der Waals surface area contributed by atoms with Gasteiger partial charge in [-0.1, -0.05) is 17.3 Å². The molecule has 2 N–H and O–H groups in total. The van der Waals surface area contributed by atoms with Crippen LogP contribution in [0.2, 0.25) is 0 Å². The highest BCUT2D eigenvalue weighted by Gasteiger charge is 2.42. The van der Waals surface area contributed by atoms with Crippen LogP contribution in [-0.2, 0) is 0 Å². The summed E-state index contributed by atoms with van der Waals surface area (Å²) in [6.07, 6.45) is 3.40. The molecule has 6 nitrogen and oxygen atoms in total. The van der Waals surface area contributed by atoms with Crippen molar-refractivity contribution in [2.45, 2.75) is 50.7 Å². The smallest absolute Gasteiger partial charge is 0.254 e. The molecule has 2 aliphatic heterocycles. The number of hydrogen-bond donors (Lipinski definition) is 1. The maximum Gasteiger partial charge on any atom is 0.254 e. The van der Waals surface area contributed by atoms with Gasteiger partial charge in [-0.15, -0.1) is 0 Å². The molecule has 2 saturated heterocycles. The van der Waals surface area contributed by atoms with Crippen LogP contribution in [0.4, 0.5) is 8.78 Å². The fraction of sp³-hybridized carbons (Fsp3) is 0.276. The summed E-state index contributed by atoms with van der Waals surface area (Å²) in [5.41, 5.74) is 9.15. The summed E-state index contributed by atoms with van der Waals surface area (Å²) in [5, 5.41) is 13.7. The number of nitrogens with zero attached hydrogens (tertiary/aromatic N) is 3. The summed E-state index contributed by atoms with van der Waals surface area (Å²) >= 11 is 0. The Hall–Kier alpha value is -4.09. The highest BCUT2D eigenvalue weighted by Crippen LogP contribution is 2.40. The normalized spacial score (nSPS) is 20.8. The Kier molecular flexibility index (Phi) is 5.54. The first-order valence-electron chi connectivity index (χ1n) is 12.3. The molecule has 2 aliphatic rings. The first-order valence-corrected chi connectivity index (χ1v) is 12.3. The predicted octanol–water partition coefficient (Wildman–Crippen LogP) is 5.71. The Morgan fingerprint density at radius 1 is 1.03 bits per heavy atom. The molecule has 8 heteroatoms. The van der Waals surface area contributed by atoms with Crippen molar-refractivity contribution < 1.29 is 18.1 Å². The van der Waals surface area contributed by atoms with Crippen LogP contribution < -0.4 is 5.73 Å². The van der Waals surface area contributed by atoms with Gasteiger partial charge >= 0.3 is 0 Å². The molecule has 0 saturated carbocycles. The maximum absolute atomic E-state index is 15.4. The maximum atomic E-state index is 15.4. The number of aromatic nitrogens is 1. The largest absolute Gasteiger partial charge is 0.356 e. The molecule has 4 aromatic rings. The topological polar surface area (TPSA) is 96.2 Å². The van der Waals surface area contributed by atoms with Crippen LogP contribution in [0.25, 0.3) is 33.2 Å². The van der Waals surface area contributed by atoms with Gasteiger partial charge in [-0.3, -0.25) is 4.79 Å². The molecular weight excluding hydrogens is 474 g/mol. The third kappa shape index (κ3) is 3.87. The first kappa shape index (κ1) is 23.3. The minimum absolute atomic E-state index is 0.0940. The summed E-state index contributed by atoms with van der Waals surface area (Å²) in [6, 6.07) is 14.3. The van der Waals surface area contributed by atoms with Crippen molar-refractivity contribution in [1.29, 1.82) is 5.26 Å². The van der Waals surface area contributed by atoms with Gasteiger partial charge in [0.15, 0.2) is 5.58 Å². The fourth-order valence-electron chi connectivity index (χ4n) is 5.91. The van der Waals surface area contributed by atoms with Crippen molar-refractivity contribution in [3.63, 3.8) is 0 Å². The van der Waals surface area contributed by atoms with E-state index in [4.69, 9.17) is 10.3 Å². The van der Waals surface area contributed by atoms with E-state index in [9.17, 15) is 14.4 Å². The minimum atomic E-state index is -0.687. The fourth-order valence-corrected chi connectivity index (χ4v) is 5.91. The number of nitrogens with two attached hydrogens (primary N) is 1. The molecule has 0 aliphatic carbocycles. The van der Waals surface area contributed by atoms with Crippen LogP contribution in [0.5, 0.6) is 0 Å². The third-order valence-electron chi connectivity index (χ3n) is 7.70. The molecule has 0 radical (unpaired) electrons. The number of piperidine rings is 1. The number of benzene rings is 3. The monoisotopic (exact) mass is 498 g/mol. The molecule has 0 spiro atoms. The van der Waals surface area contributed by atoms with Crippen LogP contribution in [0, 0.1) is 29.9 Å². The Morgan fingerprint density at radius 2 is 1.78 bits per heavy atom. The van der Waals surface area contributed by atoms with Crippen LogP contribution in [0.1, 0.15) is 47.3 Å². The molecule has 0 unspecified atom stereocenters. The minimum Gasteiger partial charge on any atom is -0.356 e. The Bertz CT molecular complexity index is 1590. The molecule has 6 rings (SSSR count). The summed E-state index contributed by atoms with van der Waals surface area (Å²) in [5.74, 6) is -1.29. The molecular formula is C29H24F2N4O2. The molecule has 3 aromatic carbocycles. The van der Waals surface area contributed by atoms with E-state index in [0.29, 0.717) is 38.9 Å². The van der Waals surface area contributed by atoms with E-state index in [1.807, 2.05) is 11.0 Å². The van der Waals surface area contributed by atoms with Gasteiger partial charge in [0, 0.05) is 34.6 Å². The standard InChI is InChI=1S/C29H24F2N4O2/c1-15-23-12-27(31)25(13-28(23)37-34-15)22-7-4-17(8-24(22)16-2-3-18(14-32)26(30)9-16)29(36)35-20-5-6-21(35)11-19(33)10-20/h2-4,7-9,12-13,19-21H,5-6,10-11,33H2,1H3/t19-,20+,21-. The molecule has 3 heterocycles. The van der Waals surface area contributed by atoms with E-state index in [-0.39, 0.29) is 35.2 Å². The lowest BCUT2D eigenvalue weighted by atomic mass is 9.90. The summed E-state index contributed by atoms with van der Waals surface area (Å²) in [4.78, 5) is 15.6. The van der Waals surface area contributed by atoms with Gasteiger partial charge < -0.3 is 15.2 Å². The number of carbonyl (C=O) groups is 1. The molecule has 1 amide bonds. The van der Waals surface area contributed by atoms with Gasteiger partial charge in [-0.2, -0.15) is 5.26 Å². The van der Waals surface area contributed by atoms with E-state index in [1.54, 1.807) is 37.3 Å². The number of hydrogen-bond acceptors (Lipinski definition) is 5. The van der Waals surface area contributed by atoms with E-state index < -0.39 is 11.6 Å². The number of rotatable bonds is 3. The van der Waals surface area contributed by atoms with Crippen molar-refractivity contribution in [3.8, 4) is 28.3 Å². The van der Waals surface area contributed by atoms with Crippen LogP contribution >= 0.6 is 0 Å². The average Bonchev–Trinajstić information content (AvgIpc) is 3.38. The van der Waals surface area contributed by atoms with Crippen molar-refractivity contribution >= 4 is 16.9 Å². The van der Waals surface area contributed by atoms with E-state index in [0.717, 1.165) is 25.7 Å². The van der Waals surface area contributed by atoms with Gasteiger partial charge in [0.1, 0.15) is 17.7 Å². The highest BCUT2D eigenvalue weighted by molar-refractivity contribution is 5.99. The molecule has 186 valence electrons. The summed E-state index contributed by atoms with van der Waals surface area (Å²) in [7, 11) is 0. The Morgan fingerprint density at radius 3 is 2.49 bits per heavy atom.